The van der Waals surface area contributed by atoms with Crippen molar-refractivity contribution in [3.8, 4) is 0 Å². The number of hydrogen-bond acceptors (Lipinski definition) is 29. The van der Waals surface area contributed by atoms with Gasteiger partial charge in [0.05, 0.1) is 75.9 Å². The molecule has 21 N–H and O–H groups in total. The minimum absolute atomic E-state index is 0.0996. The van der Waals surface area contributed by atoms with Crippen molar-refractivity contribution in [2.75, 3.05) is 40.1 Å². The Morgan fingerprint density at radius 1 is 0.509 bits per heavy atom. The van der Waals surface area contributed by atoms with Gasteiger partial charge in [-0.1, -0.05) is 200 Å². The maximum atomic E-state index is 14.0. The van der Waals surface area contributed by atoms with E-state index >= 15 is 0 Å². The number of amides is 3. The molecule has 0 spiro atoms. The van der Waals surface area contributed by atoms with Crippen molar-refractivity contribution in [2.45, 2.75) is 397 Å². The van der Waals surface area contributed by atoms with E-state index in [1.807, 2.05) is 0 Å². The predicted molar refractivity (Wildman–Crippen MR) is 385 cm³/mol. The molecule has 0 unspecified atom stereocenters. The van der Waals surface area contributed by atoms with E-state index in [1.54, 1.807) is 0 Å². The first-order valence-electron chi connectivity index (χ1n) is 39.6. The van der Waals surface area contributed by atoms with E-state index in [0.29, 0.717) is 12.8 Å². The number of nitrogens with one attached hydrogen (secondary N) is 3. The summed E-state index contributed by atoms with van der Waals surface area (Å²) in [6.07, 6.45) is -13.3. The van der Waals surface area contributed by atoms with Crippen LogP contribution in [-0.2, 0) is 61.9 Å². The van der Waals surface area contributed by atoms with Crippen molar-refractivity contribution in [1.29, 1.82) is 0 Å². The van der Waals surface area contributed by atoms with Gasteiger partial charge in [0.2, 0.25) is 17.7 Å². The molecule has 4 saturated heterocycles. The van der Waals surface area contributed by atoms with Gasteiger partial charge in [0, 0.05) is 26.9 Å². The van der Waals surface area contributed by atoms with Crippen molar-refractivity contribution in [3.63, 3.8) is 0 Å². The molecule has 4 heterocycles. The van der Waals surface area contributed by atoms with Gasteiger partial charge in [-0.05, 0) is 12.8 Å². The van der Waals surface area contributed by atoms with Crippen molar-refractivity contribution in [1.82, 2.24) is 16.0 Å². The zero-order valence-corrected chi connectivity index (χ0v) is 63.8. The molecule has 4 aliphatic rings. The van der Waals surface area contributed by atoms with Gasteiger partial charge in [0.1, 0.15) is 97.7 Å². The lowest BCUT2D eigenvalue weighted by Crippen LogP contribution is -2.71. The van der Waals surface area contributed by atoms with Crippen LogP contribution in [0.5, 0.6) is 0 Å². The van der Waals surface area contributed by atoms with E-state index in [0.717, 1.165) is 78.2 Å². The van der Waals surface area contributed by atoms with Crippen molar-refractivity contribution < 1.29 is 154 Å². The van der Waals surface area contributed by atoms with Crippen LogP contribution in [0.1, 0.15) is 239 Å². The standard InChI is InChI=1S/C74H135N3O31/c1-5-7-9-11-13-15-17-18-19-20-21-22-23-25-27-29-31-33-35-47(84)68(96)76-45(57(89)46(83)34-32-30-28-26-24-16-14-12-10-8-6-2)43-102-69-62(94)60(92)64(52(41-80)103-69)105-70-63(95)61(93)65(53(42-81)104-70)107-74(72(99)100)37-49(86)56(66(108-74)58(90)50(87)39-78)77-54(88)38-73(71(97)98)36-48(85)55(75-44(3)82)67(106-73)59(91)51(40-79)101-4/h45-53,55-67,69-70,78-81,83-87,89-95H,5-43H2,1-4H3,(H,75,82)(H,76,96)(H,77,88)(H,97,98)(H,99,100)/t45-,46+,47+,48-,49-,50+,51+,52+,53+,55+,56+,57-,58+,59+,60+,61+,62+,63+,64+,65-,66+,67+,69+,70-,73-,74+/m0/s1. The van der Waals surface area contributed by atoms with Gasteiger partial charge in [-0.3, -0.25) is 14.4 Å². The largest absolute Gasteiger partial charge is 0.479 e. The van der Waals surface area contributed by atoms with Gasteiger partial charge in [-0.15, -0.1) is 0 Å². The number of carboxylic acid groups (broad SMARTS) is 2. The predicted octanol–water partition coefficient (Wildman–Crippen LogP) is -0.282. The molecule has 34 heteroatoms. The number of methoxy groups -OCH3 is 1. The number of aliphatic carboxylic acids is 2. The zero-order chi connectivity index (χ0) is 80.1. The maximum absolute atomic E-state index is 14.0. The van der Waals surface area contributed by atoms with Gasteiger partial charge < -0.3 is 146 Å². The van der Waals surface area contributed by atoms with E-state index in [9.17, 15) is 116 Å². The van der Waals surface area contributed by atoms with Gasteiger partial charge >= 0.3 is 11.9 Å². The van der Waals surface area contributed by atoms with Gasteiger partial charge in [0.25, 0.3) is 5.79 Å². The monoisotopic (exact) mass is 1560 g/mol. The Labute approximate surface area is 634 Å². The highest BCUT2D eigenvalue weighted by molar-refractivity contribution is 5.87. The van der Waals surface area contributed by atoms with Crippen LogP contribution in [0.2, 0.25) is 0 Å². The lowest BCUT2D eigenvalue weighted by Gasteiger charge is -2.51. The number of unbranched alkanes of at least 4 members (excludes halogenated alkanes) is 27. The zero-order valence-electron chi connectivity index (χ0n) is 63.8. The topological polar surface area (TPSA) is 559 Å². The summed E-state index contributed by atoms with van der Waals surface area (Å²) in [7, 11) is 1.07. The maximum Gasteiger partial charge on any atom is 0.364 e. The summed E-state index contributed by atoms with van der Waals surface area (Å²) in [6.45, 7) is 0.326. The number of rotatable bonds is 57. The fourth-order valence-corrected chi connectivity index (χ4v) is 14.7. The number of aliphatic hydroxyl groups excluding tert-OH is 16. The highest BCUT2D eigenvalue weighted by Gasteiger charge is 2.62. The minimum Gasteiger partial charge on any atom is -0.479 e. The summed E-state index contributed by atoms with van der Waals surface area (Å²) < 4.78 is 45.7. The third-order valence-corrected chi connectivity index (χ3v) is 21.3. The number of ether oxygens (including phenoxy) is 8. The first-order chi connectivity index (χ1) is 51.6. The van der Waals surface area contributed by atoms with Crippen LogP contribution in [0.15, 0.2) is 0 Å². The van der Waals surface area contributed by atoms with Crippen LogP contribution in [0.25, 0.3) is 0 Å². The Morgan fingerprint density at radius 3 is 1.42 bits per heavy atom. The molecule has 26 atom stereocenters. The summed E-state index contributed by atoms with van der Waals surface area (Å²) in [6, 6.07) is -5.09. The summed E-state index contributed by atoms with van der Waals surface area (Å²) in [5, 5.41) is 206. The normalized spacial score (nSPS) is 31.2. The Morgan fingerprint density at radius 2 is 0.954 bits per heavy atom. The molecule has 0 aromatic heterocycles. The molecule has 0 aromatic carbocycles. The molecule has 34 nitrogen and oxygen atoms in total. The molecular formula is C74H135N3O31. The van der Waals surface area contributed by atoms with Crippen molar-refractivity contribution in [3.05, 3.63) is 0 Å². The highest BCUT2D eigenvalue weighted by Crippen LogP contribution is 2.40. The molecule has 4 rings (SSSR count). The fourth-order valence-electron chi connectivity index (χ4n) is 14.7. The first-order valence-corrected chi connectivity index (χ1v) is 39.6. The number of hydrogen-bond donors (Lipinski definition) is 21. The average molecular weight is 1560 g/mol. The second-order valence-corrected chi connectivity index (χ2v) is 30.0. The fraction of sp³-hybridized carbons (Fsp3) is 0.932. The molecule has 3 amide bonds. The average Bonchev–Trinajstić information content (AvgIpc) is 0.766. The number of carbonyl (C=O) groups is 5. The molecule has 0 saturated carbocycles. The summed E-state index contributed by atoms with van der Waals surface area (Å²) in [4.78, 5) is 66.3. The second kappa shape index (κ2) is 51.3. The Balaban J connectivity index is 1.43. The number of carboxylic acids is 2. The third-order valence-electron chi connectivity index (χ3n) is 21.3. The van der Waals surface area contributed by atoms with Crippen LogP contribution >= 0.6 is 0 Å². The van der Waals surface area contributed by atoms with Crippen molar-refractivity contribution in [2.24, 2.45) is 0 Å². The quantitative estimate of drug-likeness (QED) is 0.0348. The molecule has 0 aliphatic carbocycles. The van der Waals surface area contributed by atoms with Crippen molar-refractivity contribution >= 4 is 29.7 Å². The van der Waals surface area contributed by atoms with E-state index in [2.05, 4.69) is 29.8 Å². The molecule has 0 radical (unpaired) electrons. The molecule has 632 valence electrons. The molecule has 108 heavy (non-hydrogen) atoms. The number of carbonyl (C=O) groups excluding carboxylic acids is 3. The Hall–Kier alpha value is -3.61. The van der Waals surface area contributed by atoms with Gasteiger partial charge in [0.15, 0.2) is 18.2 Å². The van der Waals surface area contributed by atoms with Gasteiger partial charge in [-0.25, -0.2) is 9.59 Å². The summed E-state index contributed by atoms with van der Waals surface area (Å²) in [5.41, 5.74) is -2.80. The second-order valence-electron chi connectivity index (χ2n) is 30.0. The SMILES string of the molecule is CCCCCCCCCCCCCCCCCCCC[C@@H](O)C(=O)N[C@@H](CO[C@@H]1O[C@H](CO)[C@@H](O[C@@H]2O[C@H](CO)[C@H](O[C@]3(C(=O)O)C[C@H](O)[C@@H](NC(=O)C[C@]4(C(=O)O)C[C@H](O)[C@@H](NC(C)=O)[C@H]([C@H](O)[C@@H](CO)OC)O4)[C@H]([C@H](O)[C@H](O)CO)O3)[C@H](O)[C@H]2O)[C@H](O)[C@H]1O)[C@H](O)[C@H](O)CCCCCCCCCCCCC. The third kappa shape index (κ3) is 30.3. The van der Waals surface area contributed by atoms with E-state index in [-0.39, 0.29) is 12.8 Å². The van der Waals surface area contributed by atoms with E-state index in [1.165, 1.54) is 109 Å². The molecular weight excluding hydrogens is 1430 g/mol. The van der Waals surface area contributed by atoms with Gasteiger partial charge in [-0.2, -0.15) is 0 Å². The molecule has 4 fully saturated rings. The highest BCUT2D eigenvalue weighted by atomic mass is 16.8. The summed E-state index contributed by atoms with van der Waals surface area (Å²) in [5.74, 6) is -10.5. The summed E-state index contributed by atoms with van der Waals surface area (Å²) >= 11 is 0. The van der Waals surface area contributed by atoms with E-state index < -0.39 is 240 Å². The smallest absolute Gasteiger partial charge is 0.364 e. The number of aliphatic hydroxyl groups is 16. The molecule has 0 aromatic rings. The molecule has 0 bridgehead atoms. The van der Waals surface area contributed by atoms with E-state index in [4.69, 9.17) is 37.9 Å². The van der Waals surface area contributed by atoms with Crippen LogP contribution in [0, 0.1) is 0 Å². The lowest BCUT2D eigenvalue weighted by atomic mass is 9.81. The minimum atomic E-state index is -3.34. The molecule has 4 aliphatic heterocycles. The lowest BCUT2D eigenvalue weighted by molar-refractivity contribution is -0.385. The van der Waals surface area contributed by atoms with Crippen LogP contribution in [-0.4, -0.2) is 320 Å². The van der Waals surface area contributed by atoms with Crippen LogP contribution in [0.4, 0.5) is 0 Å². The van der Waals surface area contributed by atoms with Crippen LogP contribution < -0.4 is 16.0 Å². The van der Waals surface area contributed by atoms with Crippen LogP contribution in [0.3, 0.4) is 0 Å². The Kier molecular flexibility index (Phi) is 45.9. The Bertz CT molecular complexity index is 2500. The first kappa shape index (κ1) is 96.8.